The van der Waals surface area contributed by atoms with Crippen LogP contribution in [0.4, 0.5) is 0 Å². The van der Waals surface area contributed by atoms with Crippen LogP contribution in [0.25, 0.3) is 0 Å². The molecule has 1 amide bonds. The first kappa shape index (κ1) is 17.2. The van der Waals surface area contributed by atoms with Gasteiger partial charge in [0.15, 0.2) is 0 Å². The van der Waals surface area contributed by atoms with Gasteiger partial charge in [-0.25, -0.2) is 0 Å². The number of nitrogens with zero attached hydrogens (tertiary/aromatic N) is 1. The predicted molar refractivity (Wildman–Crippen MR) is 90.1 cm³/mol. The maximum absolute atomic E-state index is 12.4. The number of nitrogens with one attached hydrogen (secondary N) is 1. The Hall–Kier alpha value is -1.66. The molecule has 0 unspecified atom stereocenters. The topological polar surface area (TPSA) is 69.6 Å². The highest BCUT2D eigenvalue weighted by molar-refractivity contribution is 5.94. The quantitative estimate of drug-likeness (QED) is 0.857. The molecule has 132 valence electrons. The summed E-state index contributed by atoms with van der Waals surface area (Å²) in [6, 6.07) is 2.89. The molecule has 1 saturated carbocycles. The summed E-state index contributed by atoms with van der Waals surface area (Å²) in [5.41, 5.74) is 0.218. The van der Waals surface area contributed by atoms with Crippen LogP contribution in [0.15, 0.2) is 23.1 Å². The lowest BCUT2D eigenvalue weighted by Crippen LogP contribution is -2.51. The highest BCUT2D eigenvalue weighted by atomic mass is 16.5. The second-order valence-electron chi connectivity index (χ2n) is 6.65. The van der Waals surface area contributed by atoms with Crippen LogP contribution in [0, 0.1) is 5.92 Å². The molecular formula is C18H26N2O4. The largest absolute Gasteiger partial charge is 0.379 e. The van der Waals surface area contributed by atoms with Crippen molar-refractivity contribution in [2.45, 2.75) is 51.3 Å². The van der Waals surface area contributed by atoms with E-state index in [0.717, 1.165) is 13.0 Å². The summed E-state index contributed by atoms with van der Waals surface area (Å²) >= 11 is 0. The average molecular weight is 334 g/mol. The zero-order valence-corrected chi connectivity index (χ0v) is 14.2. The van der Waals surface area contributed by atoms with Gasteiger partial charge in [-0.1, -0.05) is 6.42 Å². The molecule has 2 fully saturated rings. The molecule has 0 bridgehead atoms. The molecule has 0 radical (unpaired) electrons. The Bertz CT molecular complexity index is 624. The highest BCUT2D eigenvalue weighted by Gasteiger charge is 2.30. The zero-order chi connectivity index (χ0) is 16.9. The maximum atomic E-state index is 12.4. The van der Waals surface area contributed by atoms with Crippen LogP contribution in [-0.2, 0) is 16.0 Å². The van der Waals surface area contributed by atoms with Gasteiger partial charge in [0.2, 0.25) is 0 Å². The van der Waals surface area contributed by atoms with Gasteiger partial charge in [0.05, 0.1) is 18.8 Å². The molecule has 6 heteroatoms. The number of carbonyl (C=O) groups excluding carboxylic acids is 1. The Morgan fingerprint density at radius 2 is 2.25 bits per heavy atom. The number of aryl methyl sites for hydroxylation is 1. The fourth-order valence-corrected chi connectivity index (χ4v) is 3.13. The average Bonchev–Trinajstić information content (AvgIpc) is 2.54. The standard InChI is InChI=1S/C18H26N2O4/c1-2-20-8-6-14(10-17(20)21)18(22)19-15-12-23-9-7-16(15)24-11-13-4-3-5-13/h6,8,10,13,15-16H,2-5,7,9,11-12H2,1H3,(H,19,22)/t15-,16+/m1/s1. The summed E-state index contributed by atoms with van der Waals surface area (Å²) in [4.78, 5) is 24.3. The smallest absolute Gasteiger partial charge is 0.251 e. The van der Waals surface area contributed by atoms with E-state index in [2.05, 4.69) is 5.32 Å². The van der Waals surface area contributed by atoms with Crippen molar-refractivity contribution in [2.24, 2.45) is 5.92 Å². The fraction of sp³-hybridized carbons (Fsp3) is 0.667. The summed E-state index contributed by atoms with van der Waals surface area (Å²) in [6.45, 7) is 4.36. The molecule has 1 N–H and O–H groups in total. The predicted octanol–water partition coefficient (Wildman–Crippen LogP) is 1.57. The van der Waals surface area contributed by atoms with Crippen molar-refractivity contribution < 1.29 is 14.3 Å². The van der Waals surface area contributed by atoms with E-state index >= 15 is 0 Å². The molecule has 1 aromatic heterocycles. The maximum Gasteiger partial charge on any atom is 0.251 e. The van der Waals surface area contributed by atoms with Crippen LogP contribution >= 0.6 is 0 Å². The third-order valence-corrected chi connectivity index (χ3v) is 4.98. The van der Waals surface area contributed by atoms with Gasteiger partial charge in [-0.2, -0.15) is 0 Å². The van der Waals surface area contributed by atoms with Crippen molar-refractivity contribution in [3.05, 3.63) is 34.2 Å². The first-order valence-electron chi connectivity index (χ1n) is 8.88. The van der Waals surface area contributed by atoms with E-state index in [1.807, 2.05) is 6.92 Å². The molecule has 2 heterocycles. The number of ether oxygens (including phenoxy) is 2. The lowest BCUT2D eigenvalue weighted by Gasteiger charge is -2.34. The van der Waals surface area contributed by atoms with Crippen LogP contribution in [0.1, 0.15) is 43.0 Å². The Kier molecular flexibility index (Phi) is 5.68. The lowest BCUT2D eigenvalue weighted by atomic mass is 9.86. The van der Waals surface area contributed by atoms with Gasteiger partial charge >= 0.3 is 0 Å². The minimum atomic E-state index is -0.247. The van der Waals surface area contributed by atoms with E-state index in [9.17, 15) is 9.59 Å². The molecule has 0 spiro atoms. The number of rotatable bonds is 6. The second kappa shape index (κ2) is 7.94. The number of carbonyl (C=O) groups is 1. The minimum Gasteiger partial charge on any atom is -0.379 e. The molecule has 1 aromatic rings. The molecule has 1 aliphatic carbocycles. The van der Waals surface area contributed by atoms with E-state index in [1.165, 1.54) is 25.3 Å². The van der Waals surface area contributed by atoms with Crippen molar-refractivity contribution >= 4 is 5.91 Å². The summed E-state index contributed by atoms with van der Waals surface area (Å²) < 4.78 is 13.1. The Balaban J connectivity index is 1.60. The second-order valence-corrected chi connectivity index (χ2v) is 6.65. The summed E-state index contributed by atoms with van der Waals surface area (Å²) in [6.07, 6.45) is 6.21. The monoisotopic (exact) mass is 334 g/mol. The SMILES string of the molecule is CCn1ccc(C(=O)N[C@@H]2COCC[C@@H]2OCC2CCC2)cc1=O. The molecule has 1 saturated heterocycles. The molecule has 24 heavy (non-hydrogen) atoms. The van der Waals surface area contributed by atoms with Crippen molar-refractivity contribution in [1.29, 1.82) is 0 Å². The first-order chi connectivity index (χ1) is 11.7. The van der Waals surface area contributed by atoms with E-state index in [1.54, 1.807) is 16.8 Å². The van der Waals surface area contributed by atoms with Crippen molar-refractivity contribution in [3.63, 3.8) is 0 Å². The van der Waals surface area contributed by atoms with E-state index < -0.39 is 0 Å². The summed E-state index contributed by atoms with van der Waals surface area (Å²) in [7, 11) is 0. The Morgan fingerprint density at radius 3 is 2.92 bits per heavy atom. The summed E-state index contributed by atoms with van der Waals surface area (Å²) in [5, 5.41) is 2.97. The molecule has 2 aliphatic rings. The van der Waals surface area contributed by atoms with Gasteiger partial charge < -0.3 is 19.4 Å². The van der Waals surface area contributed by atoms with Crippen LogP contribution < -0.4 is 10.9 Å². The van der Waals surface area contributed by atoms with Crippen molar-refractivity contribution in [1.82, 2.24) is 9.88 Å². The van der Waals surface area contributed by atoms with Gasteiger partial charge in [-0.15, -0.1) is 0 Å². The van der Waals surface area contributed by atoms with E-state index in [-0.39, 0.29) is 23.6 Å². The number of hydrogen-bond donors (Lipinski definition) is 1. The van der Waals surface area contributed by atoms with Gasteiger partial charge in [0.25, 0.3) is 11.5 Å². The van der Waals surface area contributed by atoms with Crippen LogP contribution in [-0.4, -0.2) is 42.4 Å². The van der Waals surface area contributed by atoms with E-state index in [0.29, 0.717) is 31.2 Å². The van der Waals surface area contributed by atoms with Crippen LogP contribution in [0.5, 0.6) is 0 Å². The number of aromatic nitrogens is 1. The minimum absolute atomic E-state index is 0.0145. The molecule has 3 rings (SSSR count). The van der Waals surface area contributed by atoms with Gasteiger partial charge in [0.1, 0.15) is 0 Å². The molecule has 2 atom stereocenters. The Labute approximate surface area is 142 Å². The van der Waals surface area contributed by atoms with Gasteiger partial charge in [-0.3, -0.25) is 9.59 Å². The summed E-state index contributed by atoms with van der Waals surface area (Å²) in [5.74, 6) is 0.425. The van der Waals surface area contributed by atoms with Gasteiger partial charge in [0, 0.05) is 37.6 Å². The number of amides is 1. The number of pyridine rings is 1. The van der Waals surface area contributed by atoms with Crippen LogP contribution in [0.2, 0.25) is 0 Å². The van der Waals surface area contributed by atoms with Crippen molar-refractivity contribution in [2.75, 3.05) is 19.8 Å². The third-order valence-electron chi connectivity index (χ3n) is 4.98. The number of hydrogen-bond acceptors (Lipinski definition) is 4. The molecular weight excluding hydrogens is 308 g/mol. The Morgan fingerprint density at radius 1 is 1.42 bits per heavy atom. The van der Waals surface area contributed by atoms with Crippen LogP contribution in [0.3, 0.4) is 0 Å². The fourth-order valence-electron chi connectivity index (χ4n) is 3.13. The zero-order valence-electron chi connectivity index (χ0n) is 14.2. The normalized spacial score (nSPS) is 24.4. The molecule has 0 aromatic carbocycles. The van der Waals surface area contributed by atoms with E-state index in [4.69, 9.17) is 9.47 Å². The lowest BCUT2D eigenvalue weighted by molar-refractivity contribution is -0.0696. The first-order valence-corrected chi connectivity index (χ1v) is 8.88. The highest BCUT2D eigenvalue weighted by Crippen LogP contribution is 2.27. The third kappa shape index (κ3) is 4.05. The van der Waals surface area contributed by atoms with Crippen molar-refractivity contribution in [3.8, 4) is 0 Å². The molecule has 6 nitrogen and oxygen atoms in total. The molecule has 1 aliphatic heterocycles. The van der Waals surface area contributed by atoms with Gasteiger partial charge in [-0.05, 0) is 38.2 Å².